The van der Waals surface area contributed by atoms with Crippen LogP contribution >= 0.6 is 11.6 Å². The van der Waals surface area contributed by atoms with E-state index in [0.29, 0.717) is 22.1 Å². The molecule has 1 aliphatic carbocycles. The van der Waals surface area contributed by atoms with Crippen molar-refractivity contribution in [3.05, 3.63) is 22.2 Å². The molecule has 1 atom stereocenters. The number of nitrogens with zero attached hydrogens (tertiary/aromatic N) is 1. The number of carboxylic acids is 1. The van der Waals surface area contributed by atoms with Gasteiger partial charge in [0.05, 0.1) is 10.6 Å². The van der Waals surface area contributed by atoms with Gasteiger partial charge in [-0.3, -0.25) is 0 Å². The van der Waals surface area contributed by atoms with Crippen LogP contribution in [0.2, 0.25) is 5.02 Å². The minimum Gasteiger partial charge on any atom is -0.478 e. The molecule has 3 aliphatic rings. The van der Waals surface area contributed by atoms with E-state index in [2.05, 4.69) is 4.90 Å². The number of carboxylic acid groups (broad SMARTS) is 1. The van der Waals surface area contributed by atoms with Crippen LogP contribution in [0.15, 0.2) is 6.07 Å². The summed E-state index contributed by atoms with van der Waals surface area (Å²) in [6.45, 7) is 7.04. The zero-order valence-electron chi connectivity index (χ0n) is 14.7. The van der Waals surface area contributed by atoms with Crippen LogP contribution < -0.4 is 9.47 Å². The van der Waals surface area contributed by atoms with Crippen molar-refractivity contribution < 1.29 is 19.4 Å². The van der Waals surface area contributed by atoms with Crippen molar-refractivity contribution in [2.24, 2.45) is 11.8 Å². The van der Waals surface area contributed by atoms with Crippen LogP contribution in [0.25, 0.3) is 0 Å². The molecule has 5 nitrogen and oxygen atoms in total. The summed E-state index contributed by atoms with van der Waals surface area (Å²) in [7, 11) is 0. The van der Waals surface area contributed by atoms with Gasteiger partial charge in [-0.1, -0.05) is 11.6 Å². The van der Waals surface area contributed by atoms with Gasteiger partial charge in [0, 0.05) is 24.9 Å². The maximum atomic E-state index is 11.4. The Balaban J connectivity index is 1.51. The molecule has 1 aromatic rings. The van der Waals surface area contributed by atoms with E-state index in [1.807, 2.05) is 6.92 Å². The molecule has 0 aromatic heterocycles. The number of rotatable bonds is 4. The number of fused-ring (bicyclic) bond motifs is 1. The zero-order chi connectivity index (χ0) is 17.8. The van der Waals surface area contributed by atoms with E-state index in [0.717, 1.165) is 31.8 Å². The Bertz CT molecular complexity index is 710. The zero-order valence-corrected chi connectivity index (χ0v) is 15.4. The molecular weight excluding hydrogens is 342 g/mol. The van der Waals surface area contributed by atoms with Gasteiger partial charge in [0.15, 0.2) is 11.5 Å². The molecule has 1 saturated carbocycles. The van der Waals surface area contributed by atoms with E-state index in [9.17, 15) is 9.90 Å². The predicted molar refractivity (Wildman–Crippen MR) is 94.7 cm³/mol. The lowest BCUT2D eigenvalue weighted by molar-refractivity contribution is -0.125. The number of hydrogen-bond acceptors (Lipinski definition) is 4. The monoisotopic (exact) mass is 365 g/mol. The third kappa shape index (κ3) is 3.08. The predicted octanol–water partition coefficient (Wildman–Crippen LogP) is 3.96. The first-order valence-corrected chi connectivity index (χ1v) is 9.42. The van der Waals surface area contributed by atoms with E-state index < -0.39 is 11.8 Å². The minimum atomic E-state index is -1.01. The molecule has 25 heavy (non-hydrogen) atoms. The van der Waals surface area contributed by atoms with Crippen molar-refractivity contribution in [3.8, 4) is 11.5 Å². The number of benzene rings is 1. The molecule has 0 radical (unpaired) electrons. The van der Waals surface area contributed by atoms with Gasteiger partial charge in [-0.25, -0.2) is 4.79 Å². The fourth-order valence-electron chi connectivity index (χ4n) is 4.04. The van der Waals surface area contributed by atoms with Gasteiger partial charge >= 0.3 is 5.97 Å². The molecule has 6 heteroatoms. The summed E-state index contributed by atoms with van der Waals surface area (Å²) < 4.78 is 12.3. The maximum Gasteiger partial charge on any atom is 0.336 e. The largest absolute Gasteiger partial charge is 0.478 e. The lowest BCUT2D eigenvalue weighted by Crippen LogP contribution is -2.48. The first-order chi connectivity index (χ1) is 11.9. The molecule has 1 aromatic carbocycles. The van der Waals surface area contributed by atoms with E-state index >= 15 is 0 Å². The highest BCUT2D eigenvalue weighted by atomic mass is 35.5. The maximum absolute atomic E-state index is 11.4. The van der Waals surface area contributed by atoms with Crippen LogP contribution in [0, 0.1) is 18.8 Å². The van der Waals surface area contributed by atoms with Gasteiger partial charge < -0.3 is 19.5 Å². The summed E-state index contributed by atoms with van der Waals surface area (Å²) in [4.78, 5) is 13.9. The summed E-state index contributed by atoms with van der Waals surface area (Å²) in [6, 6.07) is 1.45. The second-order valence-corrected chi connectivity index (χ2v) is 8.14. The summed E-state index contributed by atoms with van der Waals surface area (Å²) in [6.07, 6.45) is 4.78. The molecule has 0 spiro atoms. The average Bonchev–Trinajstić information content (AvgIpc) is 3.30. The molecule has 1 unspecified atom stereocenters. The Labute approximate surface area is 152 Å². The second kappa shape index (κ2) is 6.06. The van der Waals surface area contributed by atoms with Crippen molar-refractivity contribution in [3.63, 3.8) is 0 Å². The number of carbonyl (C=O) groups is 1. The second-order valence-electron chi connectivity index (χ2n) is 7.73. The highest BCUT2D eigenvalue weighted by Crippen LogP contribution is 2.51. The number of halogens is 1. The molecule has 136 valence electrons. The van der Waals surface area contributed by atoms with Gasteiger partial charge in [0.2, 0.25) is 0 Å². The number of hydrogen-bond donors (Lipinski definition) is 1. The van der Waals surface area contributed by atoms with E-state index in [1.54, 1.807) is 6.92 Å². The van der Waals surface area contributed by atoms with E-state index in [4.69, 9.17) is 21.1 Å². The Morgan fingerprint density at radius 2 is 1.92 bits per heavy atom. The third-order valence-corrected chi connectivity index (χ3v) is 6.10. The molecule has 4 rings (SSSR count). The number of aromatic carboxylic acids is 1. The van der Waals surface area contributed by atoms with Gasteiger partial charge in [0.25, 0.3) is 5.79 Å². The van der Waals surface area contributed by atoms with Crippen molar-refractivity contribution in [2.45, 2.75) is 45.3 Å². The molecule has 0 bridgehead atoms. The first-order valence-electron chi connectivity index (χ1n) is 9.04. The smallest absolute Gasteiger partial charge is 0.336 e. The highest BCUT2D eigenvalue weighted by molar-refractivity contribution is 6.32. The molecule has 2 aliphatic heterocycles. The summed E-state index contributed by atoms with van der Waals surface area (Å²) in [5.74, 6) is 0.345. The molecule has 0 amide bonds. The highest BCUT2D eigenvalue weighted by Gasteiger charge is 2.47. The average molecular weight is 366 g/mol. The molecule has 1 saturated heterocycles. The van der Waals surface area contributed by atoms with Crippen LogP contribution in [-0.2, 0) is 0 Å². The number of likely N-dealkylation sites (tertiary alicyclic amines) is 1. The van der Waals surface area contributed by atoms with Gasteiger partial charge in [-0.15, -0.1) is 0 Å². The summed E-state index contributed by atoms with van der Waals surface area (Å²) >= 11 is 6.27. The van der Waals surface area contributed by atoms with E-state index in [1.165, 1.54) is 25.5 Å². The lowest BCUT2D eigenvalue weighted by Gasteiger charge is -2.38. The Hall–Kier alpha value is -1.46. The van der Waals surface area contributed by atoms with Crippen molar-refractivity contribution >= 4 is 17.6 Å². The normalized spacial score (nSPS) is 26.8. The van der Waals surface area contributed by atoms with Crippen molar-refractivity contribution in [1.82, 2.24) is 4.90 Å². The number of piperidine rings is 1. The van der Waals surface area contributed by atoms with Crippen LogP contribution in [0.1, 0.15) is 48.5 Å². The van der Waals surface area contributed by atoms with Crippen molar-refractivity contribution in [1.29, 1.82) is 0 Å². The quantitative estimate of drug-likeness (QED) is 0.875. The van der Waals surface area contributed by atoms with Gasteiger partial charge in [0.1, 0.15) is 0 Å². The molecular formula is C19H24ClNO4. The number of ether oxygens (including phenoxy) is 2. The SMILES string of the molecule is Cc1c(C(=O)O)cc(Cl)c2c1OC(C)(C1CCN(CC3CC3)CC1)O2. The Kier molecular flexibility index (Phi) is 4.12. The fraction of sp³-hybridized carbons (Fsp3) is 0.632. The summed E-state index contributed by atoms with van der Waals surface area (Å²) in [5, 5.41) is 9.64. The van der Waals surface area contributed by atoms with Crippen LogP contribution in [0.4, 0.5) is 0 Å². The standard InChI is InChI=1S/C19H24ClNO4/c1-11-14(18(22)23)9-15(20)17-16(11)24-19(2,25-17)13-5-7-21(8-6-13)10-12-3-4-12/h9,12-13H,3-8,10H2,1-2H3,(H,22,23). The van der Waals surface area contributed by atoms with Crippen molar-refractivity contribution in [2.75, 3.05) is 19.6 Å². The topological polar surface area (TPSA) is 59.0 Å². The Morgan fingerprint density at radius 3 is 2.52 bits per heavy atom. The first kappa shape index (κ1) is 17.0. The van der Waals surface area contributed by atoms with Crippen LogP contribution in [0.3, 0.4) is 0 Å². The molecule has 1 N–H and O–H groups in total. The lowest BCUT2D eigenvalue weighted by atomic mass is 9.89. The van der Waals surface area contributed by atoms with Gasteiger partial charge in [-0.05, 0) is 57.7 Å². The van der Waals surface area contributed by atoms with Crippen LogP contribution in [0.5, 0.6) is 11.5 Å². The summed E-state index contributed by atoms with van der Waals surface area (Å²) in [5.41, 5.74) is 0.734. The molecule has 2 heterocycles. The third-order valence-electron chi connectivity index (χ3n) is 5.82. The Morgan fingerprint density at radius 1 is 1.28 bits per heavy atom. The van der Waals surface area contributed by atoms with E-state index in [-0.39, 0.29) is 11.5 Å². The fourth-order valence-corrected chi connectivity index (χ4v) is 4.27. The molecule has 2 fully saturated rings. The van der Waals surface area contributed by atoms with Crippen LogP contribution in [-0.4, -0.2) is 41.4 Å². The van der Waals surface area contributed by atoms with Gasteiger partial charge in [-0.2, -0.15) is 0 Å². The minimum absolute atomic E-state index is 0.163.